The van der Waals surface area contributed by atoms with Crippen molar-refractivity contribution in [2.45, 2.75) is 22.8 Å². The molecule has 0 aliphatic carbocycles. The lowest BCUT2D eigenvalue weighted by molar-refractivity contribution is -0.385. The van der Waals surface area contributed by atoms with E-state index >= 15 is 0 Å². The average molecular weight is 277 g/mol. The molecular formula is C12H11N3O3S. The smallest absolute Gasteiger partial charge is 0.270 e. The fraction of sp³-hybridized carbons (Fsp3) is 0.250. The lowest BCUT2D eigenvalue weighted by atomic mass is 10.1. The number of rotatable bonds is 3. The van der Waals surface area contributed by atoms with Crippen molar-refractivity contribution in [2.24, 2.45) is 0 Å². The first kappa shape index (κ1) is 12.2. The van der Waals surface area contributed by atoms with Gasteiger partial charge in [0.1, 0.15) is 0 Å². The summed E-state index contributed by atoms with van der Waals surface area (Å²) >= 11 is 1.47. The van der Waals surface area contributed by atoms with Gasteiger partial charge in [-0.3, -0.25) is 10.1 Å². The number of non-ortho nitro benzene ring substituents is 1. The molecule has 1 aliphatic rings. The van der Waals surface area contributed by atoms with Gasteiger partial charge in [-0.25, -0.2) is 4.98 Å². The van der Waals surface area contributed by atoms with E-state index in [9.17, 15) is 15.2 Å². The molecule has 2 atom stereocenters. The quantitative estimate of drug-likeness (QED) is 0.685. The Morgan fingerprint density at radius 3 is 3.05 bits per heavy atom. The molecule has 6 nitrogen and oxygen atoms in total. The van der Waals surface area contributed by atoms with E-state index in [0.29, 0.717) is 6.54 Å². The van der Waals surface area contributed by atoms with Crippen molar-refractivity contribution in [3.8, 4) is 0 Å². The fourth-order valence-corrected chi connectivity index (χ4v) is 3.51. The van der Waals surface area contributed by atoms with Crippen molar-refractivity contribution in [2.75, 3.05) is 0 Å². The van der Waals surface area contributed by atoms with E-state index in [0.717, 1.165) is 10.5 Å². The van der Waals surface area contributed by atoms with Gasteiger partial charge in [0.2, 0.25) is 0 Å². The molecular weight excluding hydrogens is 266 g/mol. The number of aliphatic hydroxyl groups excluding tert-OH is 1. The van der Waals surface area contributed by atoms with Gasteiger partial charge < -0.3 is 9.67 Å². The third-order valence-corrected chi connectivity index (χ3v) is 4.42. The lowest BCUT2D eigenvalue weighted by Gasteiger charge is -2.14. The molecule has 2 unspecified atom stereocenters. The van der Waals surface area contributed by atoms with Crippen LogP contribution in [0.25, 0.3) is 0 Å². The molecule has 2 heterocycles. The number of aliphatic hydroxyl groups is 1. The Bertz CT molecular complexity index is 615. The minimum Gasteiger partial charge on any atom is -0.387 e. The van der Waals surface area contributed by atoms with E-state index in [1.54, 1.807) is 18.6 Å². The minimum atomic E-state index is -0.608. The van der Waals surface area contributed by atoms with Crippen molar-refractivity contribution >= 4 is 17.4 Å². The highest BCUT2D eigenvalue weighted by Gasteiger charge is 2.33. The van der Waals surface area contributed by atoms with Gasteiger partial charge in [0.05, 0.1) is 22.6 Å². The number of aromatic nitrogens is 2. The first-order valence-corrected chi connectivity index (χ1v) is 6.62. The Kier molecular flexibility index (Phi) is 3.00. The molecule has 1 aromatic heterocycles. The first-order valence-electron chi connectivity index (χ1n) is 5.74. The van der Waals surface area contributed by atoms with Crippen molar-refractivity contribution in [3.05, 3.63) is 52.6 Å². The van der Waals surface area contributed by atoms with Crippen LogP contribution in [0.2, 0.25) is 0 Å². The van der Waals surface area contributed by atoms with Crippen molar-refractivity contribution in [1.82, 2.24) is 9.55 Å². The highest BCUT2D eigenvalue weighted by Crippen LogP contribution is 2.45. The van der Waals surface area contributed by atoms with Crippen LogP contribution in [0.3, 0.4) is 0 Å². The lowest BCUT2D eigenvalue weighted by Crippen LogP contribution is -2.16. The summed E-state index contributed by atoms with van der Waals surface area (Å²) in [5.74, 6) is 0. The summed E-state index contributed by atoms with van der Waals surface area (Å²) in [5.41, 5.74) is 0.822. The minimum absolute atomic E-state index is 0.0498. The van der Waals surface area contributed by atoms with Gasteiger partial charge in [-0.1, -0.05) is 0 Å². The third-order valence-electron chi connectivity index (χ3n) is 3.11. The molecule has 0 fully saturated rings. The third kappa shape index (κ3) is 2.22. The normalized spacial score (nSPS) is 21.3. The molecule has 0 saturated heterocycles. The van der Waals surface area contributed by atoms with Gasteiger partial charge >= 0.3 is 0 Å². The van der Waals surface area contributed by atoms with Crippen LogP contribution >= 0.6 is 11.8 Å². The Morgan fingerprint density at radius 2 is 2.37 bits per heavy atom. The largest absolute Gasteiger partial charge is 0.387 e. The van der Waals surface area contributed by atoms with E-state index < -0.39 is 11.0 Å². The molecule has 2 aromatic rings. The van der Waals surface area contributed by atoms with E-state index in [-0.39, 0.29) is 10.9 Å². The number of nitrogens with zero attached hydrogens (tertiary/aromatic N) is 3. The number of hydrogen-bond acceptors (Lipinski definition) is 5. The summed E-state index contributed by atoms with van der Waals surface area (Å²) in [6.45, 7) is 0.619. The van der Waals surface area contributed by atoms with Crippen LogP contribution < -0.4 is 0 Å². The number of nitro groups is 1. The van der Waals surface area contributed by atoms with E-state index in [1.807, 2.05) is 10.8 Å². The molecule has 19 heavy (non-hydrogen) atoms. The van der Waals surface area contributed by atoms with E-state index in [2.05, 4.69) is 4.98 Å². The second-order valence-electron chi connectivity index (χ2n) is 4.34. The van der Waals surface area contributed by atoms with Crippen LogP contribution in [0.15, 0.2) is 41.8 Å². The molecule has 1 aromatic carbocycles. The van der Waals surface area contributed by atoms with Crippen LogP contribution in [0.1, 0.15) is 11.7 Å². The molecule has 0 saturated carbocycles. The summed E-state index contributed by atoms with van der Waals surface area (Å²) < 4.78 is 1.89. The predicted molar refractivity (Wildman–Crippen MR) is 69.9 cm³/mol. The van der Waals surface area contributed by atoms with Gasteiger partial charge in [-0.05, 0) is 11.6 Å². The number of imidazole rings is 1. The van der Waals surface area contributed by atoms with Crippen molar-refractivity contribution in [3.63, 3.8) is 0 Å². The standard InChI is InChI=1S/C12H11N3O3S/c16-12-9-2-1-8(15(17)18)5-10(9)19-11(12)6-14-4-3-13-7-14/h1-5,7,11-12,16H,6H2. The van der Waals surface area contributed by atoms with E-state index in [4.69, 9.17) is 0 Å². The summed E-state index contributed by atoms with van der Waals surface area (Å²) in [6.07, 6.45) is 4.60. The van der Waals surface area contributed by atoms with Gasteiger partial charge in [0.25, 0.3) is 5.69 Å². The summed E-state index contributed by atoms with van der Waals surface area (Å²) in [5, 5.41) is 20.9. The number of benzene rings is 1. The number of nitro benzene ring substituents is 1. The maximum Gasteiger partial charge on any atom is 0.270 e. The van der Waals surface area contributed by atoms with Gasteiger partial charge in [0, 0.05) is 36.0 Å². The first-order chi connectivity index (χ1) is 9.15. The fourth-order valence-electron chi connectivity index (χ4n) is 2.15. The second kappa shape index (κ2) is 4.67. The molecule has 3 rings (SSSR count). The van der Waals surface area contributed by atoms with E-state index in [1.165, 1.54) is 23.9 Å². The van der Waals surface area contributed by atoms with Crippen LogP contribution in [-0.4, -0.2) is 24.8 Å². The number of fused-ring (bicyclic) bond motifs is 1. The Balaban J connectivity index is 1.84. The topological polar surface area (TPSA) is 81.2 Å². The van der Waals surface area contributed by atoms with Gasteiger partial charge in [-0.15, -0.1) is 11.8 Å². The number of thioether (sulfide) groups is 1. The van der Waals surface area contributed by atoms with Gasteiger partial charge in [0.15, 0.2) is 0 Å². The molecule has 7 heteroatoms. The molecule has 0 bridgehead atoms. The molecule has 0 spiro atoms. The van der Waals surface area contributed by atoms with Crippen molar-refractivity contribution in [1.29, 1.82) is 0 Å². The second-order valence-corrected chi connectivity index (χ2v) is 5.62. The van der Waals surface area contributed by atoms with Gasteiger partial charge in [-0.2, -0.15) is 0 Å². The summed E-state index contributed by atoms with van der Waals surface area (Å²) in [6, 6.07) is 4.60. The highest BCUT2D eigenvalue weighted by atomic mass is 32.2. The zero-order valence-corrected chi connectivity index (χ0v) is 10.7. The summed E-state index contributed by atoms with van der Waals surface area (Å²) in [7, 11) is 0. The monoisotopic (exact) mass is 277 g/mol. The average Bonchev–Trinajstić information content (AvgIpc) is 2.99. The van der Waals surface area contributed by atoms with Crippen molar-refractivity contribution < 1.29 is 10.0 Å². The molecule has 0 amide bonds. The maximum atomic E-state index is 10.7. The van der Waals surface area contributed by atoms with Crippen LogP contribution in [0, 0.1) is 10.1 Å². The summed E-state index contributed by atoms with van der Waals surface area (Å²) in [4.78, 5) is 15.1. The molecule has 1 N–H and O–H groups in total. The zero-order chi connectivity index (χ0) is 13.4. The Morgan fingerprint density at radius 1 is 1.53 bits per heavy atom. The Labute approximate surface area is 113 Å². The van der Waals surface area contributed by atoms with Crippen LogP contribution in [-0.2, 0) is 6.54 Å². The van der Waals surface area contributed by atoms with Crippen LogP contribution in [0.4, 0.5) is 5.69 Å². The highest BCUT2D eigenvalue weighted by molar-refractivity contribution is 8.00. The van der Waals surface area contributed by atoms with Crippen LogP contribution in [0.5, 0.6) is 0 Å². The Hall–Kier alpha value is -1.86. The zero-order valence-electron chi connectivity index (χ0n) is 9.84. The predicted octanol–water partition coefficient (Wildman–Crippen LogP) is 2.00. The molecule has 98 valence electrons. The maximum absolute atomic E-state index is 10.7. The number of hydrogen-bond donors (Lipinski definition) is 1. The molecule has 0 radical (unpaired) electrons. The SMILES string of the molecule is O=[N+]([O-])c1ccc2c(c1)SC(Cn1ccnc1)C2O. The molecule has 1 aliphatic heterocycles.